The number of halogens is 1. The number of hydrogen-bond donors (Lipinski definition) is 2. The van der Waals surface area contributed by atoms with Crippen molar-refractivity contribution < 1.29 is 23.8 Å². The van der Waals surface area contributed by atoms with Crippen LogP contribution >= 0.6 is 0 Å². The van der Waals surface area contributed by atoms with Crippen molar-refractivity contribution in [1.82, 2.24) is 9.78 Å². The summed E-state index contributed by atoms with van der Waals surface area (Å²) >= 11 is 0. The third kappa shape index (κ3) is 2.99. The summed E-state index contributed by atoms with van der Waals surface area (Å²) in [5.41, 5.74) is 0.866. The maximum atomic E-state index is 12.9. The number of rotatable bonds is 5. The molecule has 0 aliphatic carbocycles. The molecule has 1 amide bonds. The number of anilines is 1. The summed E-state index contributed by atoms with van der Waals surface area (Å²) in [6.07, 6.45) is 4.00. The predicted octanol–water partition coefficient (Wildman–Crippen LogP) is 1.66. The Balaban J connectivity index is 1.44. The van der Waals surface area contributed by atoms with E-state index in [2.05, 4.69) is 10.4 Å². The van der Waals surface area contributed by atoms with Crippen molar-refractivity contribution in [3.63, 3.8) is 0 Å². The number of carbonyl (C=O) groups is 2. The summed E-state index contributed by atoms with van der Waals surface area (Å²) in [5.74, 6) is -3.15. The molecular weight excluding hydrogens is 341 g/mol. The number of aromatic nitrogens is 2. The Morgan fingerprint density at radius 2 is 1.85 bits per heavy atom. The molecule has 4 rings (SSSR count). The van der Waals surface area contributed by atoms with Crippen LogP contribution in [-0.2, 0) is 20.9 Å². The number of fused-ring (bicyclic) bond motifs is 2. The van der Waals surface area contributed by atoms with Gasteiger partial charge >= 0.3 is 5.97 Å². The van der Waals surface area contributed by atoms with Crippen molar-refractivity contribution in [1.29, 1.82) is 0 Å². The molecule has 0 unspecified atom stereocenters. The number of carboxylic acids is 1. The summed E-state index contributed by atoms with van der Waals surface area (Å²) < 4.78 is 20.1. The first kappa shape index (κ1) is 16.5. The minimum atomic E-state index is -1.05. The molecule has 1 aromatic heterocycles. The standard InChI is InChI=1S/C18H16FN3O4/c19-11-3-1-10(2-4-11)9-22-8-7-14(21-22)20-17(23)15-12-5-6-13(26-12)16(15)18(24)25/h1-8,12-13,15-16H,9H2,(H,24,25)(H,20,21,23)/t12-,13-,15-,16-/m0/s1. The van der Waals surface area contributed by atoms with Crippen molar-refractivity contribution in [2.45, 2.75) is 18.8 Å². The zero-order valence-electron chi connectivity index (χ0n) is 13.6. The van der Waals surface area contributed by atoms with Gasteiger partial charge in [0.25, 0.3) is 0 Å². The maximum absolute atomic E-state index is 12.9. The van der Waals surface area contributed by atoms with Gasteiger partial charge in [0, 0.05) is 12.3 Å². The van der Waals surface area contributed by atoms with Crippen LogP contribution in [0.25, 0.3) is 0 Å². The Bertz CT molecular complexity index is 877. The molecule has 4 atom stereocenters. The van der Waals surface area contributed by atoms with Gasteiger partial charge in [-0.2, -0.15) is 5.10 Å². The molecule has 2 bridgehead atoms. The summed E-state index contributed by atoms with van der Waals surface area (Å²) in [7, 11) is 0. The van der Waals surface area contributed by atoms with Gasteiger partial charge in [0.2, 0.25) is 5.91 Å². The zero-order chi connectivity index (χ0) is 18.3. The first-order valence-electron chi connectivity index (χ1n) is 8.16. The van der Waals surface area contributed by atoms with E-state index in [1.54, 1.807) is 41.2 Å². The van der Waals surface area contributed by atoms with Crippen LogP contribution < -0.4 is 5.32 Å². The number of amides is 1. The molecule has 1 fully saturated rings. The van der Waals surface area contributed by atoms with Crippen LogP contribution in [0.1, 0.15) is 5.56 Å². The Kier molecular flexibility index (Phi) is 4.04. The van der Waals surface area contributed by atoms with Gasteiger partial charge in [-0.15, -0.1) is 0 Å². The van der Waals surface area contributed by atoms with Gasteiger partial charge in [-0.3, -0.25) is 14.3 Å². The topological polar surface area (TPSA) is 93.4 Å². The molecule has 1 saturated heterocycles. The van der Waals surface area contributed by atoms with E-state index in [4.69, 9.17) is 4.74 Å². The van der Waals surface area contributed by atoms with Gasteiger partial charge in [0.15, 0.2) is 5.82 Å². The third-order valence-corrected chi connectivity index (χ3v) is 4.64. The Morgan fingerprint density at radius 3 is 2.54 bits per heavy atom. The van der Waals surface area contributed by atoms with Gasteiger partial charge in [0.05, 0.1) is 24.7 Å². The Hall–Kier alpha value is -3.00. The molecule has 0 spiro atoms. The van der Waals surface area contributed by atoms with Gasteiger partial charge < -0.3 is 15.2 Å². The first-order chi connectivity index (χ1) is 12.5. The minimum Gasteiger partial charge on any atom is -0.481 e. The number of aliphatic carboxylic acids is 1. The SMILES string of the molecule is O=C(O)[C@@H]1[C@@H](C(=O)Nc2ccn(Cc3ccc(F)cc3)n2)[C@@H]2C=C[C@@H]1O2. The number of nitrogens with one attached hydrogen (secondary N) is 1. The largest absolute Gasteiger partial charge is 0.481 e. The maximum Gasteiger partial charge on any atom is 0.310 e. The Labute approximate surface area is 148 Å². The first-order valence-corrected chi connectivity index (χ1v) is 8.16. The van der Waals surface area contributed by atoms with E-state index >= 15 is 0 Å². The lowest BCUT2D eigenvalue weighted by Gasteiger charge is -2.20. The van der Waals surface area contributed by atoms with Gasteiger partial charge in [-0.1, -0.05) is 24.3 Å². The molecular formula is C18H16FN3O4. The highest BCUT2D eigenvalue weighted by molar-refractivity contribution is 5.96. The van der Waals surface area contributed by atoms with Crippen LogP contribution in [0, 0.1) is 17.7 Å². The van der Waals surface area contributed by atoms with Crippen LogP contribution in [0.5, 0.6) is 0 Å². The lowest BCUT2D eigenvalue weighted by Crippen LogP contribution is -2.39. The van der Waals surface area contributed by atoms with Gasteiger partial charge in [-0.25, -0.2) is 4.39 Å². The van der Waals surface area contributed by atoms with E-state index < -0.39 is 35.9 Å². The fraction of sp³-hybridized carbons (Fsp3) is 0.278. The second kappa shape index (κ2) is 6.38. The third-order valence-electron chi connectivity index (χ3n) is 4.64. The van der Waals surface area contributed by atoms with Gasteiger partial charge in [-0.05, 0) is 17.7 Å². The molecule has 8 heteroatoms. The number of carbonyl (C=O) groups excluding carboxylic acids is 1. The summed E-state index contributed by atoms with van der Waals surface area (Å²) in [4.78, 5) is 24.0. The Morgan fingerprint density at radius 1 is 1.15 bits per heavy atom. The average Bonchev–Trinajstić information content (AvgIpc) is 3.32. The quantitative estimate of drug-likeness (QED) is 0.794. The molecule has 26 heavy (non-hydrogen) atoms. The van der Waals surface area contributed by atoms with Crippen LogP contribution in [0.3, 0.4) is 0 Å². The van der Waals surface area contributed by atoms with Crippen molar-refractivity contribution >= 4 is 17.7 Å². The van der Waals surface area contributed by atoms with Crippen LogP contribution in [0.2, 0.25) is 0 Å². The summed E-state index contributed by atoms with van der Waals surface area (Å²) in [5, 5.41) is 16.3. The summed E-state index contributed by atoms with van der Waals surface area (Å²) in [6.45, 7) is 0.424. The van der Waals surface area contributed by atoms with E-state index in [0.717, 1.165) is 5.56 Å². The predicted molar refractivity (Wildman–Crippen MR) is 88.8 cm³/mol. The minimum absolute atomic E-state index is 0.308. The fourth-order valence-corrected chi connectivity index (χ4v) is 3.42. The molecule has 2 aromatic rings. The molecule has 2 aliphatic heterocycles. The van der Waals surface area contributed by atoms with Crippen LogP contribution in [0.4, 0.5) is 10.2 Å². The monoisotopic (exact) mass is 357 g/mol. The second-order valence-corrected chi connectivity index (χ2v) is 6.35. The summed E-state index contributed by atoms with van der Waals surface area (Å²) in [6, 6.07) is 7.69. The van der Waals surface area contributed by atoms with E-state index in [0.29, 0.717) is 12.4 Å². The van der Waals surface area contributed by atoms with E-state index in [9.17, 15) is 19.1 Å². The molecule has 134 valence electrons. The van der Waals surface area contributed by atoms with Crippen LogP contribution in [-0.4, -0.2) is 39.0 Å². The normalized spacial score (nSPS) is 26.2. The number of benzene rings is 1. The van der Waals surface area contributed by atoms with Crippen molar-refractivity contribution in [2.24, 2.45) is 11.8 Å². The highest BCUT2D eigenvalue weighted by Crippen LogP contribution is 2.39. The van der Waals surface area contributed by atoms with E-state index in [1.165, 1.54) is 12.1 Å². The van der Waals surface area contributed by atoms with Crippen molar-refractivity contribution in [2.75, 3.05) is 5.32 Å². The second-order valence-electron chi connectivity index (χ2n) is 6.35. The molecule has 0 saturated carbocycles. The van der Waals surface area contributed by atoms with Crippen molar-refractivity contribution in [3.8, 4) is 0 Å². The molecule has 1 aromatic carbocycles. The fourth-order valence-electron chi connectivity index (χ4n) is 3.42. The lowest BCUT2D eigenvalue weighted by atomic mass is 9.82. The van der Waals surface area contributed by atoms with E-state index in [1.807, 2.05) is 0 Å². The van der Waals surface area contributed by atoms with Crippen LogP contribution in [0.15, 0.2) is 48.7 Å². The molecule has 7 nitrogen and oxygen atoms in total. The van der Waals surface area contributed by atoms with Crippen molar-refractivity contribution in [3.05, 3.63) is 60.1 Å². The average molecular weight is 357 g/mol. The highest BCUT2D eigenvalue weighted by atomic mass is 19.1. The molecule has 0 radical (unpaired) electrons. The number of ether oxygens (including phenoxy) is 1. The smallest absolute Gasteiger partial charge is 0.310 e. The zero-order valence-corrected chi connectivity index (χ0v) is 13.6. The molecule has 2 aliphatic rings. The van der Waals surface area contributed by atoms with E-state index in [-0.39, 0.29) is 5.82 Å². The molecule has 3 heterocycles. The van der Waals surface area contributed by atoms with Gasteiger partial charge in [0.1, 0.15) is 11.7 Å². The number of carboxylic acid groups (broad SMARTS) is 1. The lowest BCUT2D eigenvalue weighted by molar-refractivity contribution is -0.145. The highest BCUT2D eigenvalue weighted by Gasteiger charge is 2.53. The number of hydrogen-bond acceptors (Lipinski definition) is 4. The molecule has 2 N–H and O–H groups in total. The number of nitrogens with zero attached hydrogens (tertiary/aromatic N) is 2.